The molecule has 1 aromatic heterocycles. The SMILES string of the molecule is CCc1cc(NSC2CC2)ccn1. The number of hydrogen-bond donors (Lipinski definition) is 1. The molecule has 0 amide bonds. The third-order valence-electron chi connectivity index (χ3n) is 2.05. The summed E-state index contributed by atoms with van der Waals surface area (Å²) < 4.78 is 3.36. The normalized spacial score (nSPS) is 15.8. The van der Waals surface area contributed by atoms with Crippen LogP contribution in [0.5, 0.6) is 0 Å². The van der Waals surface area contributed by atoms with Gasteiger partial charge in [0.25, 0.3) is 0 Å². The lowest BCUT2D eigenvalue weighted by Crippen LogP contribution is -1.92. The Balaban J connectivity index is 1.93. The zero-order valence-electron chi connectivity index (χ0n) is 7.79. The predicted octanol–water partition coefficient (Wildman–Crippen LogP) is 2.87. The molecule has 1 aliphatic rings. The Morgan fingerprint density at radius 1 is 1.62 bits per heavy atom. The summed E-state index contributed by atoms with van der Waals surface area (Å²) >= 11 is 1.84. The molecule has 0 bridgehead atoms. The molecule has 1 aromatic rings. The standard InChI is InChI=1S/C10H14N2S/c1-2-8-7-9(5-6-11-8)12-13-10-3-4-10/h5-7,10H,2-4H2,1H3,(H,11,12). The first-order valence-corrected chi connectivity index (χ1v) is 5.63. The van der Waals surface area contributed by atoms with Gasteiger partial charge in [-0.15, -0.1) is 0 Å². The molecule has 0 saturated heterocycles. The van der Waals surface area contributed by atoms with Crippen molar-refractivity contribution in [3.63, 3.8) is 0 Å². The Morgan fingerprint density at radius 3 is 3.15 bits per heavy atom. The van der Waals surface area contributed by atoms with Crippen molar-refractivity contribution >= 4 is 17.6 Å². The third-order valence-corrected chi connectivity index (χ3v) is 3.20. The van der Waals surface area contributed by atoms with Crippen molar-refractivity contribution in [1.29, 1.82) is 0 Å². The van der Waals surface area contributed by atoms with Gasteiger partial charge in [-0.2, -0.15) is 0 Å². The molecule has 70 valence electrons. The molecule has 1 heterocycles. The van der Waals surface area contributed by atoms with Crippen molar-refractivity contribution < 1.29 is 0 Å². The molecule has 0 atom stereocenters. The number of rotatable bonds is 4. The van der Waals surface area contributed by atoms with Crippen molar-refractivity contribution in [3.05, 3.63) is 24.0 Å². The molecule has 1 saturated carbocycles. The van der Waals surface area contributed by atoms with Gasteiger partial charge in [-0.05, 0) is 43.3 Å². The van der Waals surface area contributed by atoms with Gasteiger partial charge >= 0.3 is 0 Å². The summed E-state index contributed by atoms with van der Waals surface area (Å²) in [5.74, 6) is 0. The van der Waals surface area contributed by atoms with E-state index in [2.05, 4.69) is 22.7 Å². The van der Waals surface area contributed by atoms with E-state index in [9.17, 15) is 0 Å². The fraction of sp³-hybridized carbons (Fsp3) is 0.500. The van der Waals surface area contributed by atoms with Gasteiger partial charge in [0.15, 0.2) is 0 Å². The zero-order chi connectivity index (χ0) is 9.10. The fourth-order valence-electron chi connectivity index (χ4n) is 1.07. The number of hydrogen-bond acceptors (Lipinski definition) is 3. The lowest BCUT2D eigenvalue weighted by molar-refractivity contribution is 1.04. The maximum Gasteiger partial charge on any atom is 0.0473 e. The molecule has 13 heavy (non-hydrogen) atoms. The van der Waals surface area contributed by atoms with Crippen molar-refractivity contribution in [3.8, 4) is 0 Å². The summed E-state index contributed by atoms with van der Waals surface area (Å²) in [5.41, 5.74) is 2.34. The molecular weight excluding hydrogens is 180 g/mol. The quantitative estimate of drug-likeness (QED) is 0.746. The Bertz CT molecular complexity index is 284. The minimum atomic E-state index is 0.846. The molecule has 3 heteroatoms. The Hall–Kier alpha value is -0.700. The highest BCUT2D eigenvalue weighted by Gasteiger charge is 2.21. The smallest absolute Gasteiger partial charge is 0.0473 e. The van der Waals surface area contributed by atoms with E-state index in [1.54, 1.807) is 0 Å². The average Bonchev–Trinajstić information content (AvgIpc) is 2.99. The van der Waals surface area contributed by atoms with Crippen LogP contribution < -0.4 is 4.72 Å². The van der Waals surface area contributed by atoms with Crippen LogP contribution >= 0.6 is 11.9 Å². The molecule has 2 rings (SSSR count). The molecule has 0 unspecified atom stereocenters. The molecule has 0 spiro atoms. The Labute approximate surface area is 83.3 Å². The highest BCUT2D eigenvalue weighted by molar-refractivity contribution is 8.01. The average molecular weight is 194 g/mol. The maximum atomic E-state index is 4.25. The van der Waals surface area contributed by atoms with Gasteiger partial charge in [0, 0.05) is 22.8 Å². The second-order valence-corrected chi connectivity index (χ2v) is 4.42. The molecule has 1 fully saturated rings. The van der Waals surface area contributed by atoms with Crippen molar-refractivity contribution in [2.24, 2.45) is 0 Å². The number of aromatic nitrogens is 1. The van der Waals surface area contributed by atoms with Gasteiger partial charge in [-0.1, -0.05) is 6.92 Å². The van der Waals surface area contributed by atoms with Crippen molar-refractivity contribution in [2.45, 2.75) is 31.4 Å². The van der Waals surface area contributed by atoms with Crippen molar-refractivity contribution in [1.82, 2.24) is 4.98 Å². The topological polar surface area (TPSA) is 24.9 Å². The highest BCUT2D eigenvalue weighted by atomic mass is 32.2. The number of aryl methyl sites for hydroxylation is 1. The third kappa shape index (κ3) is 2.62. The number of pyridine rings is 1. The largest absolute Gasteiger partial charge is 0.329 e. The van der Waals surface area contributed by atoms with Crippen molar-refractivity contribution in [2.75, 3.05) is 4.72 Å². The van der Waals surface area contributed by atoms with Gasteiger partial charge in [0.2, 0.25) is 0 Å². The number of nitrogens with zero attached hydrogens (tertiary/aromatic N) is 1. The first-order valence-electron chi connectivity index (χ1n) is 4.75. The van der Waals surface area contributed by atoms with Crippen LogP contribution in [0.3, 0.4) is 0 Å². The van der Waals surface area contributed by atoms with Crippen LogP contribution in [0.1, 0.15) is 25.5 Å². The monoisotopic (exact) mass is 194 g/mol. The second kappa shape index (κ2) is 4.01. The van der Waals surface area contributed by atoms with E-state index in [4.69, 9.17) is 0 Å². The minimum Gasteiger partial charge on any atom is -0.329 e. The first-order chi connectivity index (χ1) is 6.38. The molecule has 1 N–H and O–H groups in total. The first kappa shape index (κ1) is 8.88. The molecule has 0 aliphatic heterocycles. The Kier molecular flexibility index (Phi) is 2.74. The van der Waals surface area contributed by atoms with Crippen LogP contribution in [0.4, 0.5) is 5.69 Å². The van der Waals surface area contributed by atoms with Gasteiger partial charge in [-0.25, -0.2) is 0 Å². The molecule has 2 nitrogen and oxygen atoms in total. The second-order valence-electron chi connectivity index (χ2n) is 3.31. The van der Waals surface area contributed by atoms with E-state index in [-0.39, 0.29) is 0 Å². The van der Waals surface area contributed by atoms with E-state index < -0.39 is 0 Å². The molecule has 0 aromatic carbocycles. The Morgan fingerprint density at radius 2 is 2.46 bits per heavy atom. The van der Waals surface area contributed by atoms with Gasteiger partial charge in [-0.3, -0.25) is 4.98 Å². The molecule has 0 radical (unpaired) electrons. The lowest BCUT2D eigenvalue weighted by Gasteiger charge is -2.04. The van der Waals surface area contributed by atoms with Crippen LogP contribution in [-0.2, 0) is 6.42 Å². The lowest BCUT2D eigenvalue weighted by atomic mass is 10.3. The number of nitrogens with one attached hydrogen (secondary N) is 1. The van der Waals surface area contributed by atoms with E-state index in [0.717, 1.165) is 17.4 Å². The van der Waals surface area contributed by atoms with Gasteiger partial charge in [0.05, 0.1) is 0 Å². The fourth-order valence-corrected chi connectivity index (χ4v) is 1.87. The molecule has 1 aliphatic carbocycles. The van der Waals surface area contributed by atoms with Crippen LogP contribution in [0.25, 0.3) is 0 Å². The summed E-state index contributed by atoms with van der Waals surface area (Å²) in [4.78, 5) is 4.25. The molecular formula is C10H14N2S. The van der Waals surface area contributed by atoms with E-state index in [1.165, 1.54) is 18.5 Å². The van der Waals surface area contributed by atoms with Crippen LogP contribution in [0, 0.1) is 0 Å². The van der Waals surface area contributed by atoms with Crippen LogP contribution in [-0.4, -0.2) is 10.2 Å². The van der Waals surface area contributed by atoms with E-state index in [0.29, 0.717) is 0 Å². The van der Waals surface area contributed by atoms with Crippen LogP contribution in [0.2, 0.25) is 0 Å². The summed E-state index contributed by atoms with van der Waals surface area (Å²) in [7, 11) is 0. The summed E-state index contributed by atoms with van der Waals surface area (Å²) in [5, 5.41) is 0.846. The van der Waals surface area contributed by atoms with Gasteiger partial charge in [0.1, 0.15) is 0 Å². The van der Waals surface area contributed by atoms with Crippen LogP contribution in [0.15, 0.2) is 18.3 Å². The minimum absolute atomic E-state index is 0.846. The maximum absolute atomic E-state index is 4.25. The van der Waals surface area contributed by atoms with Gasteiger partial charge < -0.3 is 4.72 Å². The van der Waals surface area contributed by atoms with E-state index >= 15 is 0 Å². The predicted molar refractivity (Wildman–Crippen MR) is 57.9 cm³/mol. The number of anilines is 1. The van der Waals surface area contributed by atoms with E-state index in [1.807, 2.05) is 24.2 Å². The summed E-state index contributed by atoms with van der Waals surface area (Å²) in [6, 6.07) is 4.14. The zero-order valence-corrected chi connectivity index (χ0v) is 8.60. The summed E-state index contributed by atoms with van der Waals surface area (Å²) in [6.45, 7) is 2.13. The summed E-state index contributed by atoms with van der Waals surface area (Å²) in [6.07, 6.45) is 5.60. The highest BCUT2D eigenvalue weighted by Crippen LogP contribution is 2.34.